The van der Waals surface area contributed by atoms with Gasteiger partial charge < -0.3 is 4.74 Å². The minimum atomic E-state index is -2.84. The molecule has 0 spiro atoms. The first-order chi connectivity index (χ1) is 9.75. The molecule has 0 saturated heterocycles. The summed E-state index contributed by atoms with van der Waals surface area (Å²) in [4.78, 5) is 3.26. The van der Waals surface area contributed by atoms with Crippen LogP contribution in [0.2, 0.25) is 0 Å². The molecule has 1 aliphatic heterocycles. The summed E-state index contributed by atoms with van der Waals surface area (Å²) in [6.07, 6.45) is 5.88. The van der Waals surface area contributed by atoms with Crippen molar-refractivity contribution >= 4 is 12.1 Å². The van der Waals surface area contributed by atoms with Crippen molar-refractivity contribution in [2.45, 2.75) is 32.3 Å². The molecule has 0 fully saturated rings. The zero-order valence-electron chi connectivity index (χ0n) is 11.1. The van der Waals surface area contributed by atoms with Crippen LogP contribution in [0.15, 0.2) is 29.4 Å². The van der Waals surface area contributed by atoms with Gasteiger partial charge in [-0.05, 0) is 31.4 Å². The van der Waals surface area contributed by atoms with Crippen LogP contribution in [0.3, 0.4) is 0 Å². The predicted octanol–water partition coefficient (Wildman–Crippen LogP) is 1.26. The summed E-state index contributed by atoms with van der Waals surface area (Å²) in [7, 11) is 0. The number of hydrazone groups is 1. The third kappa shape index (κ3) is 4.60. The Balaban J connectivity index is 1.98. The van der Waals surface area contributed by atoms with E-state index in [9.17, 15) is 8.78 Å². The molecule has 1 heterocycles. The van der Waals surface area contributed by atoms with Crippen molar-refractivity contribution < 1.29 is 18.5 Å². The molecule has 20 heavy (non-hydrogen) atoms. The number of amidine groups is 1. The number of alkyl halides is 2. The average Bonchev–Trinajstić information content (AvgIpc) is 2.69. The molecule has 0 bridgehead atoms. The molecule has 6 heteroatoms. The summed E-state index contributed by atoms with van der Waals surface area (Å²) in [5.41, 5.74) is 3.43. The van der Waals surface area contributed by atoms with Crippen molar-refractivity contribution in [1.29, 1.82) is 0 Å². The predicted molar refractivity (Wildman–Crippen MR) is 73.1 cm³/mol. The van der Waals surface area contributed by atoms with Gasteiger partial charge in [0.15, 0.2) is 0 Å². The number of benzene rings is 1. The van der Waals surface area contributed by atoms with Crippen molar-refractivity contribution in [2.24, 2.45) is 5.10 Å². The van der Waals surface area contributed by atoms with Gasteiger partial charge in [-0.2, -0.15) is 14.2 Å². The Labute approximate surface area is 116 Å². The van der Waals surface area contributed by atoms with Gasteiger partial charge in [-0.3, -0.25) is 4.99 Å². The number of para-hydroxylation sites is 1. The van der Waals surface area contributed by atoms with Crippen LogP contribution in [0, 0.1) is 0 Å². The third-order valence-corrected chi connectivity index (χ3v) is 2.98. The van der Waals surface area contributed by atoms with Gasteiger partial charge in [0, 0.05) is 5.56 Å². The highest BCUT2D eigenvalue weighted by molar-refractivity contribution is 5.85. The fraction of sp³-hybridized carbons (Fsp3) is 0.429. The number of halogens is 2. The molecule has 0 radical (unpaired) electrons. The number of hydrogen-bond acceptors (Lipinski definition) is 3. The molecule has 2 N–H and O–H groups in total. The first-order valence-corrected chi connectivity index (χ1v) is 6.68. The molecule has 0 aromatic heterocycles. The van der Waals surface area contributed by atoms with E-state index in [1.807, 2.05) is 0 Å². The zero-order chi connectivity index (χ0) is 14.2. The van der Waals surface area contributed by atoms with Gasteiger partial charge in [0.2, 0.25) is 0 Å². The Bertz CT molecular complexity index is 489. The summed E-state index contributed by atoms with van der Waals surface area (Å²) in [5.74, 6) is 1.08. The molecule has 0 amide bonds. The number of rotatable bonds is 4. The molecular formula is C14H18F2N3O+. The Morgan fingerprint density at radius 1 is 1.25 bits per heavy atom. The van der Waals surface area contributed by atoms with E-state index in [0.717, 1.165) is 31.6 Å². The van der Waals surface area contributed by atoms with E-state index in [1.165, 1.54) is 18.7 Å². The van der Waals surface area contributed by atoms with Crippen molar-refractivity contribution in [3.05, 3.63) is 29.8 Å². The van der Waals surface area contributed by atoms with Crippen LogP contribution in [-0.2, 0) is 0 Å². The van der Waals surface area contributed by atoms with Crippen molar-refractivity contribution in [3.63, 3.8) is 0 Å². The monoisotopic (exact) mass is 282 g/mol. The van der Waals surface area contributed by atoms with Crippen LogP contribution in [0.1, 0.15) is 31.2 Å². The minimum Gasteiger partial charge on any atom is -0.434 e. The molecule has 4 nitrogen and oxygen atoms in total. The number of ether oxygens (including phenoxy) is 1. The van der Waals surface area contributed by atoms with E-state index in [0.29, 0.717) is 5.56 Å². The molecule has 0 aliphatic carbocycles. The maximum absolute atomic E-state index is 12.3. The maximum Gasteiger partial charge on any atom is 0.387 e. The summed E-state index contributed by atoms with van der Waals surface area (Å²) >= 11 is 0. The number of nitrogens with one attached hydrogen (secondary N) is 2. The lowest BCUT2D eigenvalue weighted by atomic mass is 10.2. The summed E-state index contributed by atoms with van der Waals surface area (Å²) in [6, 6.07) is 6.56. The fourth-order valence-electron chi connectivity index (χ4n) is 2.00. The second kappa shape index (κ2) is 7.57. The highest BCUT2D eigenvalue weighted by atomic mass is 19.3. The van der Waals surface area contributed by atoms with Crippen LogP contribution in [-0.4, -0.2) is 25.2 Å². The molecule has 108 valence electrons. The molecule has 0 saturated carbocycles. The van der Waals surface area contributed by atoms with Gasteiger partial charge in [-0.1, -0.05) is 17.2 Å². The highest BCUT2D eigenvalue weighted by Gasteiger charge is 2.10. The topological polar surface area (TPSA) is 47.6 Å². The van der Waals surface area contributed by atoms with E-state index in [4.69, 9.17) is 0 Å². The Morgan fingerprint density at radius 3 is 2.95 bits per heavy atom. The van der Waals surface area contributed by atoms with Crippen molar-refractivity contribution in [3.8, 4) is 5.75 Å². The van der Waals surface area contributed by atoms with Crippen molar-refractivity contribution in [2.75, 3.05) is 6.54 Å². The highest BCUT2D eigenvalue weighted by Crippen LogP contribution is 2.18. The lowest BCUT2D eigenvalue weighted by Crippen LogP contribution is -2.75. The van der Waals surface area contributed by atoms with Gasteiger partial charge in [0.1, 0.15) is 5.75 Å². The van der Waals surface area contributed by atoms with Crippen LogP contribution in [0.4, 0.5) is 8.78 Å². The molecule has 2 rings (SSSR count). The van der Waals surface area contributed by atoms with Gasteiger partial charge in [-0.25, -0.2) is 0 Å². The molecule has 1 aromatic rings. The normalized spacial score (nSPS) is 16.1. The van der Waals surface area contributed by atoms with Crippen molar-refractivity contribution in [1.82, 2.24) is 5.43 Å². The lowest BCUT2D eigenvalue weighted by molar-refractivity contribution is -0.459. The molecular weight excluding hydrogens is 264 g/mol. The minimum absolute atomic E-state index is 0.117. The van der Waals surface area contributed by atoms with Gasteiger partial charge in [-0.15, -0.1) is 0 Å². The van der Waals surface area contributed by atoms with Crippen LogP contribution in [0.25, 0.3) is 0 Å². The largest absolute Gasteiger partial charge is 0.434 e. The molecule has 0 unspecified atom stereocenters. The Hall–Kier alpha value is -1.98. The van der Waals surface area contributed by atoms with Crippen LogP contribution in [0.5, 0.6) is 5.75 Å². The second-order valence-corrected chi connectivity index (χ2v) is 4.50. The first-order valence-electron chi connectivity index (χ1n) is 6.68. The summed E-state index contributed by atoms with van der Waals surface area (Å²) in [6.45, 7) is -1.90. The van der Waals surface area contributed by atoms with Crippen LogP contribution < -0.4 is 15.2 Å². The quantitative estimate of drug-likeness (QED) is 0.645. The SMILES string of the molecule is FC(F)Oc1ccccc1/C=N\NC1=[NH+]CCCCC1. The Morgan fingerprint density at radius 2 is 2.10 bits per heavy atom. The lowest BCUT2D eigenvalue weighted by Gasteiger charge is -2.06. The van der Waals surface area contributed by atoms with Gasteiger partial charge in [0.25, 0.3) is 5.84 Å². The maximum atomic E-state index is 12.3. The standard InChI is InChI=1S/C14H17F2N3O/c15-14(16)20-12-7-4-3-6-11(12)10-18-19-13-8-2-1-5-9-17-13/h3-4,6-7,10,14H,1-2,5,8-9H2,(H,17,19)/p+1/b18-10-. The average molecular weight is 282 g/mol. The molecule has 0 atom stereocenters. The first kappa shape index (κ1) is 14.4. The summed E-state index contributed by atoms with van der Waals surface area (Å²) in [5, 5.41) is 4.08. The third-order valence-electron chi connectivity index (χ3n) is 2.98. The smallest absolute Gasteiger partial charge is 0.387 e. The van der Waals surface area contributed by atoms with E-state index < -0.39 is 6.61 Å². The summed E-state index contributed by atoms with van der Waals surface area (Å²) < 4.78 is 29.0. The number of nitrogens with zero attached hydrogens (tertiary/aromatic N) is 1. The zero-order valence-corrected chi connectivity index (χ0v) is 11.1. The van der Waals surface area contributed by atoms with E-state index >= 15 is 0 Å². The number of hydrogen-bond donors (Lipinski definition) is 2. The van der Waals surface area contributed by atoms with Gasteiger partial charge >= 0.3 is 6.61 Å². The van der Waals surface area contributed by atoms with E-state index in [-0.39, 0.29) is 5.75 Å². The molecule has 1 aliphatic rings. The Kier molecular flexibility index (Phi) is 5.46. The fourth-order valence-corrected chi connectivity index (χ4v) is 2.00. The van der Waals surface area contributed by atoms with Crippen LogP contribution >= 0.6 is 0 Å². The molecule has 1 aromatic carbocycles. The second-order valence-electron chi connectivity index (χ2n) is 4.50. The van der Waals surface area contributed by atoms with Gasteiger partial charge in [0.05, 0.1) is 19.2 Å². The van der Waals surface area contributed by atoms with E-state index in [2.05, 4.69) is 20.3 Å². The van der Waals surface area contributed by atoms with E-state index in [1.54, 1.807) is 18.2 Å².